The van der Waals surface area contributed by atoms with E-state index in [4.69, 9.17) is 9.47 Å². The van der Waals surface area contributed by atoms with E-state index >= 15 is 0 Å². The SMILES string of the molecule is COc1c(C(=O)N2CCC(Oc3ccc(C(=O)N(C)C)cn3)CC2)[nH]c(=O)[nH]c1=O. The fourth-order valence-electron chi connectivity index (χ4n) is 3.16. The second kappa shape index (κ2) is 8.80. The fourth-order valence-corrected chi connectivity index (χ4v) is 3.16. The number of pyridine rings is 1. The highest BCUT2D eigenvalue weighted by Gasteiger charge is 2.28. The second-order valence-electron chi connectivity index (χ2n) is 7.01. The number of ether oxygens (including phenoxy) is 2. The number of H-pyrrole nitrogens is 2. The summed E-state index contributed by atoms with van der Waals surface area (Å²) in [5, 5.41) is 0. The third-order valence-electron chi connectivity index (χ3n) is 4.72. The Morgan fingerprint density at radius 2 is 1.87 bits per heavy atom. The van der Waals surface area contributed by atoms with Gasteiger partial charge in [-0.3, -0.25) is 24.4 Å². The highest BCUT2D eigenvalue weighted by atomic mass is 16.5. The molecule has 1 saturated heterocycles. The second-order valence-corrected chi connectivity index (χ2v) is 7.01. The third-order valence-corrected chi connectivity index (χ3v) is 4.72. The summed E-state index contributed by atoms with van der Waals surface area (Å²) in [4.78, 5) is 59.5. The van der Waals surface area contributed by atoms with Crippen LogP contribution in [0.3, 0.4) is 0 Å². The van der Waals surface area contributed by atoms with E-state index in [0.29, 0.717) is 37.4 Å². The Labute approximate surface area is 171 Å². The molecule has 3 heterocycles. The molecule has 0 aromatic carbocycles. The molecule has 30 heavy (non-hydrogen) atoms. The molecule has 2 amide bonds. The molecule has 2 N–H and O–H groups in total. The lowest BCUT2D eigenvalue weighted by atomic mass is 10.1. The van der Waals surface area contributed by atoms with Crippen molar-refractivity contribution in [3.8, 4) is 11.6 Å². The smallest absolute Gasteiger partial charge is 0.326 e. The van der Waals surface area contributed by atoms with Crippen molar-refractivity contribution in [1.82, 2.24) is 24.8 Å². The zero-order valence-corrected chi connectivity index (χ0v) is 16.9. The lowest BCUT2D eigenvalue weighted by Gasteiger charge is -2.32. The summed E-state index contributed by atoms with van der Waals surface area (Å²) in [6, 6.07) is 3.29. The Morgan fingerprint density at radius 1 is 1.17 bits per heavy atom. The Hall–Kier alpha value is -3.63. The first kappa shape index (κ1) is 21.1. The Bertz CT molecular complexity index is 1030. The van der Waals surface area contributed by atoms with Crippen LogP contribution in [0.15, 0.2) is 27.9 Å². The minimum Gasteiger partial charge on any atom is -0.489 e. The van der Waals surface area contributed by atoms with Crippen LogP contribution in [0.4, 0.5) is 0 Å². The Kier molecular flexibility index (Phi) is 6.19. The van der Waals surface area contributed by atoms with Crippen LogP contribution in [-0.2, 0) is 0 Å². The monoisotopic (exact) mass is 417 g/mol. The van der Waals surface area contributed by atoms with Gasteiger partial charge >= 0.3 is 5.69 Å². The highest BCUT2D eigenvalue weighted by Crippen LogP contribution is 2.20. The number of carbonyl (C=O) groups is 2. The quantitative estimate of drug-likeness (QED) is 0.690. The van der Waals surface area contributed by atoms with E-state index in [2.05, 4.69) is 9.97 Å². The normalized spacial score (nSPS) is 14.3. The minimum absolute atomic E-state index is 0.144. The maximum absolute atomic E-state index is 12.7. The van der Waals surface area contributed by atoms with Gasteiger partial charge in [-0.15, -0.1) is 0 Å². The molecule has 0 atom stereocenters. The number of aromatic nitrogens is 3. The first-order valence-electron chi connectivity index (χ1n) is 9.34. The number of likely N-dealkylation sites (tertiary alicyclic amines) is 1. The van der Waals surface area contributed by atoms with Gasteiger partial charge in [0.15, 0.2) is 5.69 Å². The van der Waals surface area contributed by atoms with Crippen LogP contribution in [0.2, 0.25) is 0 Å². The van der Waals surface area contributed by atoms with Crippen molar-refractivity contribution in [2.75, 3.05) is 34.3 Å². The van der Waals surface area contributed by atoms with Crippen LogP contribution in [0, 0.1) is 0 Å². The summed E-state index contributed by atoms with van der Waals surface area (Å²) < 4.78 is 10.8. The zero-order chi connectivity index (χ0) is 21.8. The molecule has 160 valence electrons. The topological polar surface area (TPSA) is 138 Å². The van der Waals surface area contributed by atoms with Crippen LogP contribution in [0.25, 0.3) is 0 Å². The predicted molar refractivity (Wildman–Crippen MR) is 106 cm³/mol. The molecule has 11 heteroatoms. The zero-order valence-electron chi connectivity index (χ0n) is 16.9. The number of methoxy groups -OCH3 is 1. The summed E-state index contributed by atoms with van der Waals surface area (Å²) >= 11 is 0. The molecule has 1 fully saturated rings. The molecule has 0 spiro atoms. The van der Waals surface area contributed by atoms with Gasteiger partial charge in [0.1, 0.15) is 6.10 Å². The molecule has 1 aliphatic rings. The summed E-state index contributed by atoms with van der Waals surface area (Å²) in [5.41, 5.74) is -1.24. The van der Waals surface area contributed by atoms with Crippen LogP contribution >= 0.6 is 0 Å². The number of aromatic amines is 2. The standard InChI is InChI=1S/C19H23N5O6/c1-23(2)17(26)11-4-5-13(20-10-11)30-12-6-8-24(9-7-12)18(27)14-15(29-3)16(25)22-19(28)21-14/h4-5,10,12H,6-9H2,1-3H3,(H2,21,22,25,28). The number of piperidine rings is 1. The molecular weight excluding hydrogens is 394 g/mol. The first-order valence-corrected chi connectivity index (χ1v) is 9.34. The molecule has 0 bridgehead atoms. The van der Waals surface area contributed by atoms with Crippen molar-refractivity contribution in [2.24, 2.45) is 0 Å². The molecule has 0 radical (unpaired) electrons. The third kappa shape index (κ3) is 4.50. The number of hydrogen-bond acceptors (Lipinski definition) is 7. The van der Waals surface area contributed by atoms with Crippen LogP contribution in [-0.4, -0.2) is 77.0 Å². The largest absolute Gasteiger partial charge is 0.489 e. The summed E-state index contributed by atoms with van der Waals surface area (Å²) in [6.07, 6.45) is 2.40. The van der Waals surface area contributed by atoms with Gasteiger partial charge < -0.3 is 19.3 Å². The van der Waals surface area contributed by atoms with Crippen LogP contribution in [0.5, 0.6) is 11.6 Å². The molecule has 0 saturated carbocycles. The van der Waals surface area contributed by atoms with Crippen molar-refractivity contribution in [2.45, 2.75) is 18.9 Å². The summed E-state index contributed by atoms with van der Waals surface area (Å²) in [6.45, 7) is 0.747. The first-order chi connectivity index (χ1) is 14.3. The number of nitrogens with one attached hydrogen (secondary N) is 2. The van der Waals surface area contributed by atoms with E-state index in [0.717, 1.165) is 0 Å². The molecule has 0 unspecified atom stereocenters. The lowest BCUT2D eigenvalue weighted by Crippen LogP contribution is -2.43. The van der Waals surface area contributed by atoms with Gasteiger partial charge in [0.2, 0.25) is 11.6 Å². The Balaban J connectivity index is 1.61. The number of rotatable bonds is 5. The fraction of sp³-hybridized carbons (Fsp3) is 0.421. The van der Waals surface area contributed by atoms with Gasteiger partial charge in [-0.2, -0.15) is 0 Å². The number of amides is 2. The number of hydrogen-bond donors (Lipinski definition) is 2. The van der Waals surface area contributed by atoms with Crippen molar-refractivity contribution in [3.05, 3.63) is 50.4 Å². The van der Waals surface area contributed by atoms with E-state index in [1.165, 1.54) is 23.1 Å². The maximum Gasteiger partial charge on any atom is 0.326 e. The molecule has 2 aromatic rings. The van der Waals surface area contributed by atoms with Crippen molar-refractivity contribution in [1.29, 1.82) is 0 Å². The summed E-state index contributed by atoms with van der Waals surface area (Å²) in [7, 11) is 4.58. The van der Waals surface area contributed by atoms with E-state index in [1.807, 2.05) is 4.98 Å². The molecule has 1 aliphatic heterocycles. The summed E-state index contributed by atoms with van der Waals surface area (Å²) in [5.74, 6) is -0.461. The highest BCUT2D eigenvalue weighted by molar-refractivity contribution is 5.95. The van der Waals surface area contributed by atoms with E-state index in [9.17, 15) is 19.2 Å². The average molecular weight is 417 g/mol. The Morgan fingerprint density at radius 3 is 2.43 bits per heavy atom. The molecule has 2 aromatic heterocycles. The molecule has 11 nitrogen and oxygen atoms in total. The van der Waals surface area contributed by atoms with Gasteiger partial charge in [0, 0.05) is 52.3 Å². The van der Waals surface area contributed by atoms with Gasteiger partial charge in [-0.25, -0.2) is 9.78 Å². The molecule has 3 rings (SSSR count). The number of nitrogens with zero attached hydrogens (tertiary/aromatic N) is 3. The van der Waals surface area contributed by atoms with Crippen molar-refractivity contribution in [3.63, 3.8) is 0 Å². The van der Waals surface area contributed by atoms with Gasteiger partial charge in [-0.05, 0) is 6.07 Å². The minimum atomic E-state index is -0.773. The van der Waals surface area contributed by atoms with Gasteiger partial charge in [0.05, 0.1) is 12.7 Å². The van der Waals surface area contributed by atoms with E-state index in [-0.39, 0.29) is 23.5 Å². The van der Waals surface area contributed by atoms with Crippen molar-refractivity contribution < 1.29 is 19.1 Å². The predicted octanol–water partition coefficient (Wildman–Crippen LogP) is -0.148. The maximum atomic E-state index is 12.7. The van der Waals surface area contributed by atoms with E-state index in [1.54, 1.807) is 26.2 Å². The van der Waals surface area contributed by atoms with Crippen LogP contribution in [0.1, 0.15) is 33.7 Å². The average Bonchev–Trinajstić information content (AvgIpc) is 2.73. The molecule has 0 aliphatic carbocycles. The van der Waals surface area contributed by atoms with Gasteiger partial charge in [0.25, 0.3) is 17.4 Å². The van der Waals surface area contributed by atoms with Crippen molar-refractivity contribution >= 4 is 11.8 Å². The molecular formula is C19H23N5O6. The lowest BCUT2D eigenvalue weighted by molar-refractivity contribution is 0.0578. The van der Waals surface area contributed by atoms with Crippen LogP contribution < -0.4 is 20.7 Å². The van der Waals surface area contributed by atoms with E-state index < -0.39 is 17.2 Å². The number of carbonyl (C=O) groups excluding carboxylic acids is 2. The van der Waals surface area contributed by atoms with Gasteiger partial charge in [-0.1, -0.05) is 0 Å².